The summed E-state index contributed by atoms with van der Waals surface area (Å²) < 4.78 is 6.41. The second kappa shape index (κ2) is 11.1. The molecule has 2 atom stereocenters. The van der Waals surface area contributed by atoms with Crippen LogP contribution < -0.4 is 5.32 Å². The fraction of sp³-hybridized carbons (Fsp3) is 0.269. The van der Waals surface area contributed by atoms with Gasteiger partial charge in [-0.2, -0.15) is 5.26 Å². The fourth-order valence-electron chi connectivity index (χ4n) is 3.43. The lowest BCUT2D eigenvalue weighted by Gasteiger charge is -2.26. The molecule has 0 fully saturated rings. The summed E-state index contributed by atoms with van der Waals surface area (Å²) in [5.74, 6) is 0.00733. The molecule has 1 aromatic heterocycles. The smallest absolute Gasteiger partial charge is 0.250 e. The van der Waals surface area contributed by atoms with Crippen molar-refractivity contribution in [1.82, 2.24) is 10.3 Å². The summed E-state index contributed by atoms with van der Waals surface area (Å²) in [6.45, 7) is 4.07. The minimum Gasteiger partial charge on any atom is -0.356 e. The van der Waals surface area contributed by atoms with Crippen LogP contribution >= 0.6 is 0 Å². The maximum absolute atomic E-state index is 12.7. The SMILES string of the molecule is CC(C)C[C@H](OC(c1ccccc1)c1ccc(-c2ccncc2)cc1)C(=O)NCC#N. The van der Waals surface area contributed by atoms with Crippen molar-refractivity contribution in [3.05, 3.63) is 90.3 Å². The number of hydrogen-bond donors (Lipinski definition) is 1. The molecule has 1 heterocycles. The lowest BCUT2D eigenvalue weighted by Crippen LogP contribution is -2.38. The summed E-state index contributed by atoms with van der Waals surface area (Å²) in [7, 11) is 0. The minimum absolute atomic E-state index is 0.0343. The molecular formula is C26H27N3O2. The summed E-state index contributed by atoms with van der Waals surface area (Å²) in [4.78, 5) is 16.8. The Labute approximate surface area is 183 Å². The van der Waals surface area contributed by atoms with Crippen LogP contribution in [0.1, 0.15) is 37.5 Å². The van der Waals surface area contributed by atoms with E-state index in [9.17, 15) is 4.79 Å². The van der Waals surface area contributed by atoms with Gasteiger partial charge < -0.3 is 10.1 Å². The van der Waals surface area contributed by atoms with Crippen LogP contribution in [0.5, 0.6) is 0 Å². The Morgan fingerprint density at radius 2 is 1.58 bits per heavy atom. The molecule has 1 amide bonds. The number of ether oxygens (including phenoxy) is 1. The summed E-state index contributed by atoms with van der Waals surface area (Å²) in [6.07, 6.45) is 3.06. The Morgan fingerprint density at radius 3 is 2.19 bits per heavy atom. The van der Waals surface area contributed by atoms with Crippen molar-refractivity contribution >= 4 is 5.91 Å². The van der Waals surface area contributed by atoms with Gasteiger partial charge in [-0.15, -0.1) is 0 Å². The van der Waals surface area contributed by atoms with Gasteiger partial charge in [-0.3, -0.25) is 9.78 Å². The summed E-state index contributed by atoms with van der Waals surface area (Å²) in [5, 5.41) is 11.5. The quantitative estimate of drug-likeness (QED) is 0.506. The summed E-state index contributed by atoms with van der Waals surface area (Å²) >= 11 is 0. The lowest BCUT2D eigenvalue weighted by molar-refractivity contribution is -0.136. The average Bonchev–Trinajstić information content (AvgIpc) is 2.81. The number of nitrogens with one attached hydrogen (secondary N) is 1. The van der Waals surface area contributed by atoms with Gasteiger partial charge >= 0.3 is 0 Å². The number of carbonyl (C=O) groups is 1. The first kappa shape index (κ1) is 22.2. The third-order valence-electron chi connectivity index (χ3n) is 4.95. The molecule has 0 saturated heterocycles. The van der Waals surface area contributed by atoms with Crippen LogP contribution in [0.15, 0.2) is 79.1 Å². The van der Waals surface area contributed by atoms with Crippen molar-refractivity contribution in [1.29, 1.82) is 5.26 Å². The predicted molar refractivity (Wildman–Crippen MR) is 121 cm³/mol. The first-order chi connectivity index (χ1) is 15.1. The summed E-state index contributed by atoms with van der Waals surface area (Å²) in [6, 6.07) is 24.0. The van der Waals surface area contributed by atoms with Crippen LogP contribution in [-0.4, -0.2) is 23.5 Å². The van der Waals surface area contributed by atoms with E-state index < -0.39 is 12.2 Å². The van der Waals surface area contributed by atoms with E-state index in [1.165, 1.54) is 0 Å². The average molecular weight is 414 g/mol. The molecule has 0 bridgehead atoms. The third-order valence-corrected chi connectivity index (χ3v) is 4.95. The number of nitrogens with zero attached hydrogens (tertiary/aromatic N) is 2. The van der Waals surface area contributed by atoms with E-state index in [2.05, 4.69) is 36.3 Å². The van der Waals surface area contributed by atoms with Crippen LogP contribution in [0.25, 0.3) is 11.1 Å². The van der Waals surface area contributed by atoms with Gasteiger partial charge in [0.1, 0.15) is 18.8 Å². The predicted octanol–water partition coefficient (Wildman–Crippen LogP) is 4.91. The van der Waals surface area contributed by atoms with Gasteiger partial charge in [-0.25, -0.2) is 0 Å². The van der Waals surface area contributed by atoms with Gasteiger partial charge in [0.2, 0.25) is 5.91 Å². The number of aromatic nitrogens is 1. The molecule has 0 aliphatic carbocycles. The Bertz CT molecular complexity index is 996. The standard InChI is InChI=1S/C26H27N3O2/c1-19(2)18-24(26(30)29-17-14-27)31-25(22-6-4-3-5-7-22)23-10-8-20(9-11-23)21-12-15-28-16-13-21/h3-13,15-16,19,24-25H,17-18H2,1-2H3,(H,29,30)/t24-,25?/m0/s1. The Morgan fingerprint density at radius 1 is 0.968 bits per heavy atom. The molecule has 31 heavy (non-hydrogen) atoms. The molecule has 0 saturated carbocycles. The van der Waals surface area contributed by atoms with E-state index in [1.54, 1.807) is 12.4 Å². The Balaban J connectivity index is 1.91. The highest BCUT2D eigenvalue weighted by Crippen LogP contribution is 2.30. The van der Waals surface area contributed by atoms with Gasteiger partial charge in [0.05, 0.1) is 6.07 Å². The molecule has 5 heteroatoms. The van der Waals surface area contributed by atoms with Gasteiger partial charge in [-0.1, -0.05) is 68.4 Å². The van der Waals surface area contributed by atoms with Gasteiger partial charge in [0.25, 0.3) is 0 Å². The monoisotopic (exact) mass is 413 g/mol. The maximum Gasteiger partial charge on any atom is 0.250 e. The number of benzene rings is 2. The van der Waals surface area contributed by atoms with Crippen LogP contribution in [0, 0.1) is 17.2 Å². The molecular weight excluding hydrogens is 386 g/mol. The highest BCUT2D eigenvalue weighted by molar-refractivity contribution is 5.81. The molecule has 1 N–H and O–H groups in total. The molecule has 3 aromatic rings. The fourth-order valence-corrected chi connectivity index (χ4v) is 3.43. The van der Waals surface area contributed by atoms with E-state index in [-0.39, 0.29) is 18.4 Å². The first-order valence-electron chi connectivity index (χ1n) is 10.4. The van der Waals surface area contributed by atoms with Crippen molar-refractivity contribution in [3.8, 4) is 17.2 Å². The summed E-state index contributed by atoms with van der Waals surface area (Å²) in [5.41, 5.74) is 4.11. The van der Waals surface area contributed by atoms with Crippen molar-refractivity contribution in [2.75, 3.05) is 6.54 Å². The molecule has 0 spiro atoms. The van der Waals surface area contributed by atoms with Crippen LogP contribution in [0.4, 0.5) is 0 Å². The van der Waals surface area contributed by atoms with E-state index in [0.29, 0.717) is 6.42 Å². The highest BCUT2D eigenvalue weighted by atomic mass is 16.5. The van der Waals surface area contributed by atoms with Crippen LogP contribution in [0.2, 0.25) is 0 Å². The normalized spacial score (nSPS) is 12.7. The zero-order valence-corrected chi connectivity index (χ0v) is 17.9. The molecule has 5 nitrogen and oxygen atoms in total. The number of nitriles is 1. The second-order valence-electron chi connectivity index (χ2n) is 7.78. The van der Waals surface area contributed by atoms with Gasteiger partial charge in [0, 0.05) is 12.4 Å². The Hall–Kier alpha value is -3.49. The molecule has 0 aliphatic rings. The molecule has 2 aromatic carbocycles. The van der Waals surface area contributed by atoms with Crippen molar-refractivity contribution in [2.24, 2.45) is 5.92 Å². The first-order valence-corrected chi connectivity index (χ1v) is 10.4. The molecule has 3 rings (SSSR count). The minimum atomic E-state index is -0.654. The van der Waals surface area contributed by atoms with Crippen molar-refractivity contribution in [3.63, 3.8) is 0 Å². The number of amides is 1. The molecule has 0 aliphatic heterocycles. The highest BCUT2D eigenvalue weighted by Gasteiger charge is 2.26. The molecule has 1 unspecified atom stereocenters. The number of pyridine rings is 1. The topological polar surface area (TPSA) is 75.0 Å². The zero-order valence-electron chi connectivity index (χ0n) is 17.9. The van der Waals surface area contributed by atoms with Gasteiger partial charge in [-0.05, 0) is 46.7 Å². The largest absolute Gasteiger partial charge is 0.356 e. The van der Waals surface area contributed by atoms with Crippen molar-refractivity contribution in [2.45, 2.75) is 32.5 Å². The number of rotatable bonds is 9. The number of carbonyl (C=O) groups excluding carboxylic acids is 1. The van der Waals surface area contributed by atoms with Crippen LogP contribution in [0.3, 0.4) is 0 Å². The van der Waals surface area contributed by atoms with E-state index in [4.69, 9.17) is 10.00 Å². The van der Waals surface area contributed by atoms with E-state index >= 15 is 0 Å². The van der Waals surface area contributed by atoms with E-state index in [1.807, 2.05) is 60.7 Å². The molecule has 158 valence electrons. The molecule has 0 radical (unpaired) electrons. The van der Waals surface area contributed by atoms with Crippen molar-refractivity contribution < 1.29 is 9.53 Å². The second-order valence-corrected chi connectivity index (χ2v) is 7.78. The lowest BCUT2D eigenvalue weighted by atomic mass is 9.97. The van der Waals surface area contributed by atoms with Gasteiger partial charge in [0.15, 0.2) is 0 Å². The van der Waals surface area contributed by atoms with Crippen LogP contribution in [-0.2, 0) is 9.53 Å². The third kappa shape index (κ3) is 6.24. The Kier molecular flexibility index (Phi) is 7.91. The zero-order chi connectivity index (χ0) is 22.1. The number of hydrogen-bond acceptors (Lipinski definition) is 4. The maximum atomic E-state index is 12.7. The van der Waals surface area contributed by atoms with E-state index in [0.717, 1.165) is 22.3 Å².